The standard InChI is InChI=1S/C23H24FN3O4/c1-13-8-14(24)9-16-22(13)26-18-6-7-27(11-17(18)23(16)29)12-21(28)25-19-10-15(30-2)4-5-20(19)31-3/h4-5,8-10H,6-7,11-12H2,1-3H3,(H,25,28)(H,26,29). The third kappa shape index (κ3) is 4.11. The predicted molar refractivity (Wildman–Crippen MR) is 116 cm³/mol. The number of H-pyrrole nitrogens is 1. The molecule has 0 atom stereocenters. The molecule has 0 aliphatic carbocycles. The van der Waals surface area contributed by atoms with Gasteiger partial charge in [0.1, 0.15) is 17.3 Å². The third-order valence-electron chi connectivity index (χ3n) is 5.57. The number of halogens is 1. The molecule has 1 aliphatic rings. The van der Waals surface area contributed by atoms with Crippen LogP contribution in [-0.2, 0) is 17.8 Å². The van der Waals surface area contributed by atoms with E-state index in [1.807, 2.05) is 4.90 Å². The number of benzene rings is 2. The molecule has 0 saturated carbocycles. The second kappa shape index (κ2) is 8.39. The van der Waals surface area contributed by atoms with E-state index in [1.54, 1.807) is 32.2 Å². The summed E-state index contributed by atoms with van der Waals surface area (Å²) in [5.41, 5.74) is 3.12. The van der Waals surface area contributed by atoms with Crippen LogP contribution in [0, 0.1) is 12.7 Å². The van der Waals surface area contributed by atoms with Crippen molar-refractivity contribution in [3.63, 3.8) is 0 Å². The van der Waals surface area contributed by atoms with Crippen LogP contribution in [0.15, 0.2) is 35.1 Å². The molecular formula is C23H24FN3O4. The minimum absolute atomic E-state index is 0.111. The van der Waals surface area contributed by atoms with E-state index < -0.39 is 5.82 Å². The van der Waals surface area contributed by atoms with Gasteiger partial charge in [-0.05, 0) is 36.8 Å². The molecule has 0 bridgehead atoms. The number of fused-ring (bicyclic) bond motifs is 2. The Bertz CT molecular complexity index is 1220. The van der Waals surface area contributed by atoms with Crippen LogP contribution in [0.1, 0.15) is 16.8 Å². The lowest BCUT2D eigenvalue weighted by atomic mass is 10.0. The highest BCUT2D eigenvalue weighted by atomic mass is 19.1. The van der Waals surface area contributed by atoms with E-state index in [0.717, 1.165) is 5.69 Å². The largest absolute Gasteiger partial charge is 0.497 e. The average Bonchev–Trinajstić information content (AvgIpc) is 2.75. The zero-order valence-electron chi connectivity index (χ0n) is 17.7. The molecule has 2 aromatic carbocycles. The lowest BCUT2D eigenvalue weighted by Crippen LogP contribution is -2.39. The number of aromatic amines is 1. The maximum atomic E-state index is 13.8. The molecule has 1 aromatic heterocycles. The normalized spacial score (nSPS) is 13.7. The molecule has 8 heteroatoms. The predicted octanol–water partition coefficient (Wildman–Crippen LogP) is 2.99. The quantitative estimate of drug-likeness (QED) is 0.657. The zero-order chi connectivity index (χ0) is 22.1. The first-order chi connectivity index (χ1) is 14.9. The molecule has 31 heavy (non-hydrogen) atoms. The van der Waals surface area contributed by atoms with E-state index in [1.165, 1.54) is 19.2 Å². The van der Waals surface area contributed by atoms with E-state index in [0.29, 0.717) is 58.7 Å². The van der Waals surface area contributed by atoms with Crippen molar-refractivity contribution in [2.24, 2.45) is 0 Å². The monoisotopic (exact) mass is 425 g/mol. The molecule has 162 valence electrons. The molecular weight excluding hydrogens is 401 g/mol. The van der Waals surface area contributed by atoms with Crippen LogP contribution in [0.4, 0.5) is 10.1 Å². The number of hydrogen-bond acceptors (Lipinski definition) is 5. The number of ether oxygens (including phenoxy) is 2. The number of nitrogens with one attached hydrogen (secondary N) is 2. The number of amides is 1. The van der Waals surface area contributed by atoms with Crippen molar-refractivity contribution in [2.75, 3.05) is 32.6 Å². The second-order valence-corrected chi connectivity index (χ2v) is 7.63. The molecule has 4 rings (SSSR count). The van der Waals surface area contributed by atoms with Crippen molar-refractivity contribution in [1.82, 2.24) is 9.88 Å². The summed E-state index contributed by atoms with van der Waals surface area (Å²) in [6, 6.07) is 7.84. The smallest absolute Gasteiger partial charge is 0.238 e. The maximum Gasteiger partial charge on any atom is 0.238 e. The van der Waals surface area contributed by atoms with Crippen molar-refractivity contribution >= 4 is 22.5 Å². The number of carbonyl (C=O) groups excluding carboxylic acids is 1. The van der Waals surface area contributed by atoms with Crippen LogP contribution >= 0.6 is 0 Å². The van der Waals surface area contributed by atoms with Crippen molar-refractivity contribution in [1.29, 1.82) is 0 Å². The van der Waals surface area contributed by atoms with Gasteiger partial charge < -0.3 is 19.8 Å². The molecule has 3 aromatic rings. The van der Waals surface area contributed by atoms with E-state index in [4.69, 9.17) is 9.47 Å². The number of aryl methyl sites for hydroxylation is 1. The van der Waals surface area contributed by atoms with Gasteiger partial charge in [-0.25, -0.2) is 4.39 Å². The first-order valence-corrected chi connectivity index (χ1v) is 9.97. The van der Waals surface area contributed by atoms with Crippen LogP contribution in [0.2, 0.25) is 0 Å². The second-order valence-electron chi connectivity index (χ2n) is 7.63. The van der Waals surface area contributed by atoms with Crippen LogP contribution < -0.4 is 20.2 Å². The Kier molecular flexibility index (Phi) is 5.65. The Morgan fingerprint density at radius 2 is 2.03 bits per heavy atom. The van der Waals surface area contributed by atoms with Gasteiger partial charge >= 0.3 is 0 Å². The third-order valence-corrected chi connectivity index (χ3v) is 5.57. The number of carbonyl (C=O) groups is 1. The summed E-state index contributed by atoms with van der Waals surface area (Å²) in [6.07, 6.45) is 0.604. The summed E-state index contributed by atoms with van der Waals surface area (Å²) in [7, 11) is 3.08. The Balaban J connectivity index is 1.54. The highest BCUT2D eigenvalue weighted by Gasteiger charge is 2.23. The molecule has 2 heterocycles. The molecule has 0 unspecified atom stereocenters. The topological polar surface area (TPSA) is 83.7 Å². The Morgan fingerprint density at radius 1 is 1.23 bits per heavy atom. The molecule has 1 aliphatic heterocycles. The minimum atomic E-state index is -0.435. The van der Waals surface area contributed by atoms with Crippen molar-refractivity contribution in [2.45, 2.75) is 19.9 Å². The zero-order valence-corrected chi connectivity index (χ0v) is 17.7. The van der Waals surface area contributed by atoms with Gasteiger partial charge in [0, 0.05) is 42.2 Å². The summed E-state index contributed by atoms with van der Waals surface area (Å²) in [4.78, 5) is 30.9. The Labute approximate surface area is 178 Å². The highest BCUT2D eigenvalue weighted by Crippen LogP contribution is 2.29. The van der Waals surface area contributed by atoms with Crippen LogP contribution in [0.5, 0.6) is 11.5 Å². The van der Waals surface area contributed by atoms with E-state index in [2.05, 4.69) is 10.3 Å². The molecule has 1 amide bonds. The number of aromatic nitrogens is 1. The lowest BCUT2D eigenvalue weighted by Gasteiger charge is -2.28. The number of methoxy groups -OCH3 is 2. The van der Waals surface area contributed by atoms with E-state index in [-0.39, 0.29) is 17.9 Å². The van der Waals surface area contributed by atoms with Gasteiger partial charge in [-0.2, -0.15) is 0 Å². The molecule has 2 N–H and O–H groups in total. The van der Waals surface area contributed by atoms with Gasteiger partial charge in [0.25, 0.3) is 0 Å². The number of hydrogen-bond donors (Lipinski definition) is 2. The number of nitrogens with zero attached hydrogens (tertiary/aromatic N) is 1. The summed E-state index contributed by atoms with van der Waals surface area (Å²) >= 11 is 0. The van der Waals surface area contributed by atoms with Crippen molar-refractivity contribution in [3.8, 4) is 11.5 Å². The van der Waals surface area contributed by atoms with Crippen molar-refractivity contribution in [3.05, 3.63) is 63.2 Å². The lowest BCUT2D eigenvalue weighted by molar-refractivity contribution is -0.117. The fourth-order valence-corrected chi connectivity index (χ4v) is 4.01. The molecule has 0 saturated heterocycles. The number of rotatable bonds is 5. The molecule has 0 spiro atoms. The minimum Gasteiger partial charge on any atom is -0.497 e. The summed E-state index contributed by atoms with van der Waals surface area (Å²) in [5, 5.41) is 3.18. The van der Waals surface area contributed by atoms with Gasteiger partial charge in [-0.1, -0.05) is 0 Å². The molecule has 7 nitrogen and oxygen atoms in total. The van der Waals surface area contributed by atoms with Gasteiger partial charge in [0.05, 0.1) is 32.0 Å². The summed E-state index contributed by atoms with van der Waals surface area (Å²) in [6.45, 7) is 2.83. The number of anilines is 1. The average molecular weight is 425 g/mol. The molecule has 0 fully saturated rings. The highest BCUT2D eigenvalue weighted by molar-refractivity contribution is 5.94. The van der Waals surface area contributed by atoms with Crippen LogP contribution in [0.3, 0.4) is 0 Å². The summed E-state index contributed by atoms with van der Waals surface area (Å²) < 4.78 is 24.4. The first kappa shape index (κ1) is 20.9. The Hall–Kier alpha value is -3.39. The molecule has 0 radical (unpaired) electrons. The van der Waals surface area contributed by atoms with Gasteiger partial charge in [0.2, 0.25) is 5.91 Å². The fourth-order valence-electron chi connectivity index (χ4n) is 4.01. The van der Waals surface area contributed by atoms with Gasteiger partial charge in [-0.3, -0.25) is 14.5 Å². The van der Waals surface area contributed by atoms with Crippen LogP contribution in [-0.4, -0.2) is 43.1 Å². The van der Waals surface area contributed by atoms with Crippen LogP contribution in [0.25, 0.3) is 10.9 Å². The Morgan fingerprint density at radius 3 is 2.77 bits per heavy atom. The van der Waals surface area contributed by atoms with Crippen molar-refractivity contribution < 1.29 is 18.7 Å². The van der Waals surface area contributed by atoms with Gasteiger partial charge in [-0.15, -0.1) is 0 Å². The van der Waals surface area contributed by atoms with E-state index in [9.17, 15) is 14.0 Å². The number of pyridine rings is 1. The van der Waals surface area contributed by atoms with E-state index >= 15 is 0 Å². The SMILES string of the molecule is COc1ccc(OC)c(NC(=O)CN2CCc3[nH]c4c(C)cc(F)cc4c(=O)c3C2)c1. The maximum absolute atomic E-state index is 13.8. The first-order valence-electron chi connectivity index (χ1n) is 9.97. The summed E-state index contributed by atoms with van der Waals surface area (Å²) in [5.74, 6) is 0.464. The van der Waals surface area contributed by atoms with Gasteiger partial charge in [0.15, 0.2) is 5.43 Å². The fraction of sp³-hybridized carbons (Fsp3) is 0.304.